The maximum atomic E-state index is 13.9. The average molecular weight is 524 g/mol. The molecule has 3 aromatic rings. The molecule has 2 aliphatic rings. The molecular weight excluding hydrogens is 491 g/mol. The van der Waals surface area contributed by atoms with Crippen molar-refractivity contribution in [3.05, 3.63) is 88.7 Å². The molecule has 5 rings (SSSR count). The molecule has 0 radical (unpaired) electrons. The van der Waals surface area contributed by atoms with Crippen molar-refractivity contribution in [3.63, 3.8) is 0 Å². The zero-order valence-corrected chi connectivity index (χ0v) is 21.4. The minimum atomic E-state index is -1.25. The Morgan fingerprint density at radius 1 is 0.974 bits per heavy atom. The van der Waals surface area contributed by atoms with Crippen molar-refractivity contribution in [2.24, 2.45) is 0 Å². The number of benzene rings is 3. The van der Waals surface area contributed by atoms with Crippen LogP contribution in [0.25, 0.3) is 0 Å². The monoisotopic (exact) mass is 523 g/mol. The van der Waals surface area contributed by atoms with Crippen LogP contribution >= 0.6 is 0 Å². The van der Waals surface area contributed by atoms with Crippen molar-refractivity contribution in [3.8, 4) is 11.5 Å². The topological polar surface area (TPSA) is 44.8 Å². The first-order valence-electron chi connectivity index (χ1n) is 13.1. The Kier molecular flexibility index (Phi) is 8.00. The summed E-state index contributed by atoms with van der Waals surface area (Å²) >= 11 is 0. The van der Waals surface area contributed by atoms with Crippen LogP contribution in [0.1, 0.15) is 48.3 Å². The lowest BCUT2D eigenvalue weighted by molar-refractivity contribution is -0.107. The summed E-state index contributed by atoms with van der Waals surface area (Å²) in [5, 5.41) is 3.41. The zero-order valence-electron chi connectivity index (χ0n) is 21.4. The first kappa shape index (κ1) is 26.3. The number of hydrogen-bond acceptors (Lipinski definition) is 4. The number of anilines is 1. The average Bonchev–Trinajstić information content (AvgIpc) is 3.45. The highest BCUT2D eigenvalue weighted by Crippen LogP contribution is 2.34. The maximum Gasteiger partial charge on any atom is 0.215 e. The van der Waals surface area contributed by atoms with Gasteiger partial charge in [-0.05, 0) is 99.1 Å². The SMILES string of the molecule is Cc1ccc(N(C=O)[C@H]2CCCN2)cc1C1CCN(Cc2ccc(Oc3cc(F)c(F)cc3F)cc2)CC1. The molecule has 0 aromatic heterocycles. The highest BCUT2D eigenvalue weighted by atomic mass is 19.2. The molecule has 2 saturated heterocycles. The lowest BCUT2D eigenvalue weighted by atomic mass is 9.86. The summed E-state index contributed by atoms with van der Waals surface area (Å²) in [4.78, 5) is 16.1. The van der Waals surface area contributed by atoms with Crippen molar-refractivity contribution in [2.75, 3.05) is 24.5 Å². The maximum absolute atomic E-state index is 13.9. The summed E-state index contributed by atoms with van der Waals surface area (Å²) in [7, 11) is 0. The number of ether oxygens (including phenoxy) is 1. The Hall–Kier alpha value is -3.36. The van der Waals surface area contributed by atoms with Crippen molar-refractivity contribution in [1.82, 2.24) is 10.2 Å². The van der Waals surface area contributed by atoms with Gasteiger partial charge < -0.3 is 4.74 Å². The molecule has 0 aliphatic carbocycles. The molecule has 2 heterocycles. The minimum absolute atomic E-state index is 0.0672. The van der Waals surface area contributed by atoms with Gasteiger partial charge in [0.05, 0.1) is 6.17 Å². The molecule has 8 heteroatoms. The molecule has 200 valence electrons. The van der Waals surface area contributed by atoms with E-state index >= 15 is 0 Å². The first-order chi connectivity index (χ1) is 18.4. The van der Waals surface area contributed by atoms with E-state index in [1.807, 2.05) is 23.1 Å². The van der Waals surface area contributed by atoms with Gasteiger partial charge in [0.25, 0.3) is 0 Å². The molecule has 2 aliphatic heterocycles. The lowest BCUT2D eigenvalue weighted by Crippen LogP contribution is -2.41. The Balaban J connectivity index is 1.18. The third-order valence-electron chi connectivity index (χ3n) is 7.60. The number of carbonyl (C=O) groups excluding carboxylic acids is 1. The van der Waals surface area contributed by atoms with Crippen molar-refractivity contribution >= 4 is 12.1 Å². The van der Waals surface area contributed by atoms with Crippen LogP contribution in [0.4, 0.5) is 18.9 Å². The fraction of sp³-hybridized carbons (Fsp3) is 0.367. The van der Waals surface area contributed by atoms with E-state index in [4.69, 9.17) is 4.74 Å². The van der Waals surface area contributed by atoms with Gasteiger partial charge in [-0.1, -0.05) is 18.2 Å². The normalized spacial score (nSPS) is 18.5. The van der Waals surface area contributed by atoms with E-state index in [-0.39, 0.29) is 11.9 Å². The number of likely N-dealkylation sites (tertiary alicyclic amines) is 1. The van der Waals surface area contributed by atoms with Crippen molar-refractivity contribution < 1.29 is 22.7 Å². The molecule has 0 saturated carbocycles. The van der Waals surface area contributed by atoms with Crippen molar-refractivity contribution in [2.45, 2.75) is 51.2 Å². The molecule has 38 heavy (non-hydrogen) atoms. The zero-order chi connectivity index (χ0) is 26.6. The Morgan fingerprint density at radius 3 is 2.39 bits per heavy atom. The van der Waals surface area contributed by atoms with Crippen LogP contribution in [-0.2, 0) is 11.3 Å². The van der Waals surface area contributed by atoms with Crippen LogP contribution in [0.3, 0.4) is 0 Å². The third kappa shape index (κ3) is 5.87. The molecule has 2 fully saturated rings. The number of hydrogen-bond donors (Lipinski definition) is 1. The number of piperidine rings is 1. The smallest absolute Gasteiger partial charge is 0.215 e. The van der Waals surface area contributed by atoms with E-state index in [1.165, 1.54) is 11.1 Å². The number of amides is 1. The van der Waals surface area contributed by atoms with Crippen LogP contribution in [0, 0.1) is 24.4 Å². The fourth-order valence-corrected chi connectivity index (χ4v) is 5.48. The highest BCUT2D eigenvalue weighted by Gasteiger charge is 2.25. The number of nitrogens with zero attached hydrogens (tertiary/aromatic N) is 2. The van der Waals surface area contributed by atoms with Gasteiger partial charge >= 0.3 is 0 Å². The molecule has 0 spiro atoms. The largest absolute Gasteiger partial charge is 0.454 e. The molecule has 0 unspecified atom stereocenters. The summed E-state index contributed by atoms with van der Waals surface area (Å²) in [6, 6.07) is 14.8. The van der Waals surface area contributed by atoms with Gasteiger partial charge in [-0.3, -0.25) is 19.9 Å². The third-order valence-corrected chi connectivity index (χ3v) is 7.60. The number of aryl methyl sites for hydroxylation is 1. The standard InChI is InChI=1S/C30H32F3N3O2/c1-20-4-7-23(36(19-37)30-3-2-12-34-30)15-25(20)22-10-13-35(14-11-22)18-21-5-8-24(9-6-21)38-29-17-27(32)26(31)16-28(29)33/h4-9,15-17,19,22,30,34H,2-3,10-14,18H2,1H3/t30-/m0/s1. The van der Waals surface area contributed by atoms with E-state index in [0.29, 0.717) is 23.8 Å². The van der Waals surface area contributed by atoms with Crippen LogP contribution in [0.2, 0.25) is 0 Å². The molecule has 3 aromatic carbocycles. The first-order valence-corrected chi connectivity index (χ1v) is 13.1. The van der Waals surface area contributed by atoms with Crippen LogP contribution in [-0.4, -0.2) is 37.1 Å². The van der Waals surface area contributed by atoms with Crippen molar-refractivity contribution in [1.29, 1.82) is 0 Å². The molecular formula is C30H32F3N3O2. The Bertz CT molecular complexity index is 1270. The fourth-order valence-electron chi connectivity index (χ4n) is 5.48. The van der Waals surface area contributed by atoms with Gasteiger partial charge in [0.15, 0.2) is 23.2 Å². The molecule has 0 bridgehead atoms. The second-order valence-electron chi connectivity index (χ2n) is 10.2. The summed E-state index contributed by atoms with van der Waals surface area (Å²) in [6.07, 6.45) is 5.11. The molecule has 1 atom stereocenters. The van der Waals surface area contributed by atoms with E-state index in [0.717, 1.165) is 69.5 Å². The lowest BCUT2D eigenvalue weighted by Gasteiger charge is -2.33. The number of nitrogens with one attached hydrogen (secondary N) is 1. The van der Waals surface area contributed by atoms with Crippen LogP contribution in [0.5, 0.6) is 11.5 Å². The summed E-state index contributed by atoms with van der Waals surface area (Å²) in [6.45, 7) is 5.76. The van der Waals surface area contributed by atoms with Gasteiger partial charge in [-0.25, -0.2) is 13.2 Å². The predicted molar refractivity (Wildman–Crippen MR) is 141 cm³/mol. The quantitative estimate of drug-likeness (QED) is 0.280. The predicted octanol–water partition coefficient (Wildman–Crippen LogP) is 6.26. The van der Waals surface area contributed by atoms with Gasteiger partial charge in [0.2, 0.25) is 6.41 Å². The van der Waals surface area contributed by atoms with Gasteiger partial charge in [0, 0.05) is 24.4 Å². The van der Waals surface area contributed by atoms with Gasteiger partial charge in [-0.2, -0.15) is 0 Å². The minimum Gasteiger partial charge on any atom is -0.454 e. The molecule has 1 amide bonds. The number of rotatable bonds is 8. The Morgan fingerprint density at radius 2 is 1.71 bits per heavy atom. The van der Waals surface area contributed by atoms with Crippen LogP contribution in [0.15, 0.2) is 54.6 Å². The van der Waals surface area contributed by atoms with Gasteiger partial charge in [0.1, 0.15) is 5.75 Å². The van der Waals surface area contributed by atoms with E-state index in [2.05, 4.69) is 29.3 Å². The summed E-state index contributed by atoms with van der Waals surface area (Å²) in [5.74, 6) is -2.92. The van der Waals surface area contributed by atoms with Gasteiger partial charge in [-0.15, -0.1) is 0 Å². The summed E-state index contributed by atoms with van der Waals surface area (Å²) < 4.78 is 45.9. The van der Waals surface area contributed by atoms with E-state index < -0.39 is 17.5 Å². The van der Waals surface area contributed by atoms with E-state index in [9.17, 15) is 18.0 Å². The second kappa shape index (κ2) is 11.6. The molecule has 5 nitrogen and oxygen atoms in total. The molecule has 1 N–H and O–H groups in total. The number of carbonyl (C=O) groups is 1. The van der Waals surface area contributed by atoms with E-state index in [1.54, 1.807) is 12.1 Å². The number of halogens is 3. The van der Waals surface area contributed by atoms with Crippen LogP contribution < -0.4 is 15.0 Å². The Labute approximate surface area is 221 Å². The second-order valence-corrected chi connectivity index (χ2v) is 10.2. The summed E-state index contributed by atoms with van der Waals surface area (Å²) in [5.41, 5.74) is 4.61. The highest BCUT2D eigenvalue weighted by molar-refractivity contribution is 5.76.